The molecular formula is C12H13F11O. The molecule has 0 radical (unpaired) electrons. The number of hydrogen-bond acceptors (Lipinski definition) is 1. The SMILES string of the molecule is CCC1CC(C(O)(C(F)(F)F)C(F)(F)F)C(F)(F)C1(F)C(C)(F)F. The van der Waals surface area contributed by atoms with Crippen molar-refractivity contribution < 1.29 is 53.4 Å². The number of rotatable bonds is 3. The fourth-order valence-corrected chi connectivity index (χ4v) is 3.21. The van der Waals surface area contributed by atoms with Crippen molar-refractivity contribution in [3.05, 3.63) is 0 Å². The summed E-state index contributed by atoms with van der Waals surface area (Å²) in [6.45, 7) is 0.510. The van der Waals surface area contributed by atoms with Crippen molar-refractivity contribution in [3.63, 3.8) is 0 Å². The molecule has 12 heteroatoms. The lowest BCUT2D eigenvalue weighted by Gasteiger charge is -2.42. The van der Waals surface area contributed by atoms with Gasteiger partial charge in [0.15, 0.2) is 0 Å². The lowest BCUT2D eigenvalue weighted by molar-refractivity contribution is -0.404. The zero-order valence-corrected chi connectivity index (χ0v) is 12.2. The molecule has 3 atom stereocenters. The molecular weight excluding hydrogens is 369 g/mol. The molecule has 0 aliphatic heterocycles. The van der Waals surface area contributed by atoms with E-state index in [1.165, 1.54) is 0 Å². The third-order valence-electron chi connectivity index (χ3n) is 4.51. The van der Waals surface area contributed by atoms with Gasteiger partial charge < -0.3 is 5.11 Å². The average Bonchev–Trinajstić information content (AvgIpc) is 2.54. The minimum atomic E-state index is -6.67. The number of halogens is 11. The minimum absolute atomic E-state index is 0.355. The Hall–Kier alpha value is -0.810. The summed E-state index contributed by atoms with van der Waals surface area (Å²) in [5.74, 6) is -17.4. The van der Waals surface area contributed by atoms with Crippen LogP contribution in [0.25, 0.3) is 0 Å². The fourth-order valence-electron chi connectivity index (χ4n) is 3.21. The van der Waals surface area contributed by atoms with Gasteiger partial charge in [0.1, 0.15) is 0 Å². The van der Waals surface area contributed by atoms with Crippen LogP contribution in [0.4, 0.5) is 48.3 Å². The van der Waals surface area contributed by atoms with Crippen LogP contribution in [-0.2, 0) is 0 Å². The van der Waals surface area contributed by atoms with Crippen molar-refractivity contribution in [1.82, 2.24) is 0 Å². The highest BCUT2D eigenvalue weighted by molar-refractivity contribution is 5.20. The van der Waals surface area contributed by atoms with Gasteiger partial charge in [-0.2, -0.15) is 26.3 Å². The van der Waals surface area contributed by atoms with Crippen LogP contribution in [0.15, 0.2) is 0 Å². The Morgan fingerprint density at radius 3 is 1.50 bits per heavy atom. The summed E-state index contributed by atoms with van der Waals surface area (Å²) >= 11 is 0. The van der Waals surface area contributed by atoms with E-state index in [4.69, 9.17) is 5.11 Å². The lowest BCUT2D eigenvalue weighted by Crippen LogP contribution is -2.68. The van der Waals surface area contributed by atoms with Crippen LogP contribution in [0, 0.1) is 11.8 Å². The topological polar surface area (TPSA) is 20.2 Å². The van der Waals surface area contributed by atoms with Gasteiger partial charge in [0.25, 0.3) is 17.4 Å². The summed E-state index contributed by atoms with van der Waals surface area (Å²) in [5, 5.41) is 9.09. The molecule has 1 aliphatic rings. The molecule has 3 unspecified atom stereocenters. The third-order valence-corrected chi connectivity index (χ3v) is 4.51. The van der Waals surface area contributed by atoms with Gasteiger partial charge in [0.05, 0.1) is 5.92 Å². The Kier molecular flexibility index (Phi) is 4.73. The third kappa shape index (κ3) is 2.47. The quantitative estimate of drug-likeness (QED) is 0.690. The average molecular weight is 382 g/mol. The molecule has 0 bridgehead atoms. The van der Waals surface area contributed by atoms with E-state index in [9.17, 15) is 48.3 Å². The first-order valence-corrected chi connectivity index (χ1v) is 6.60. The summed E-state index contributed by atoms with van der Waals surface area (Å²) in [5.41, 5.74) is -11.0. The van der Waals surface area contributed by atoms with Crippen molar-refractivity contribution >= 4 is 0 Å². The van der Waals surface area contributed by atoms with Crippen LogP contribution < -0.4 is 0 Å². The van der Waals surface area contributed by atoms with E-state index in [-0.39, 0.29) is 6.92 Å². The van der Waals surface area contributed by atoms with E-state index >= 15 is 0 Å². The molecule has 0 aromatic carbocycles. The first-order valence-electron chi connectivity index (χ1n) is 6.60. The standard InChI is InChI=1S/C12H13F11O/c1-3-5-4-6(9(24,11(18,19)20)12(21,22)23)10(16,17)8(5,15)7(2,13)14/h5-6,24H,3-4H2,1-2H3. The predicted molar refractivity (Wildman–Crippen MR) is 58.4 cm³/mol. The molecule has 0 aromatic heterocycles. The van der Waals surface area contributed by atoms with Crippen LogP contribution in [0.1, 0.15) is 26.7 Å². The molecule has 1 nitrogen and oxygen atoms in total. The van der Waals surface area contributed by atoms with Gasteiger partial charge in [-0.25, -0.2) is 22.0 Å². The smallest absolute Gasteiger partial charge is 0.373 e. The first-order chi connectivity index (χ1) is 10.3. The molecule has 1 aliphatic carbocycles. The molecule has 24 heavy (non-hydrogen) atoms. The second-order valence-corrected chi connectivity index (χ2v) is 5.88. The summed E-state index contributed by atoms with van der Waals surface area (Å²) in [4.78, 5) is 0. The van der Waals surface area contributed by atoms with Gasteiger partial charge >= 0.3 is 12.4 Å². The van der Waals surface area contributed by atoms with Gasteiger partial charge in [0, 0.05) is 12.8 Å². The van der Waals surface area contributed by atoms with Crippen LogP contribution >= 0.6 is 0 Å². The van der Waals surface area contributed by atoms with E-state index in [1.807, 2.05) is 0 Å². The van der Waals surface area contributed by atoms with E-state index in [2.05, 4.69) is 0 Å². The fraction of sp³-hybridized carbons (Fsp3) is 1.00. The Bertz CT molecular complexity index is 461. The Morgan fingerprint density at radius 2 is 1.29 bits per heavy atom. The largest absolute Gasteiger partial charge is 0.426 e. The maximum Gasteiger partial charge on any atom is 0.426 e. The van der Waals surface area contributed by atoms with E-state index in [0.29, 0.717) is 0 Å². The van der Waals surface area contributed by atoms with Crippen molar-refractivity contribution in [1.29, 1.82) is 0 Å². The lowest BCUT2D eigenvalue weighted by atomic mass is 9.79. The summed E-state index contributed by atoms with van der Waals surface area (Å²) in [6.07, 6.45) is -16.1. The minimum Gasteiger partial charge on any atom is -0.373 e. The van der Waals surface area contributed by atoms with Crippen molar-refractivity contribution in [2.75, 3.05) is 0 Å². The Balaban J connectivity index is 3.67. The van der Waals surface area contributed by atoms with Crippen LogP contribution in [0.5, 0.6) is 0 Å². The molecule has 1 fully saturated rings. The predicted octanol–water partition coefficient (Wildman–Crippen LogP) is 4.89. The molecule has 1 saturated carbocycles. The molecule has 0 heterocycles. The first kappa shape index (κ1) is 21.2. The normalized spacial score (nSPS) is 32.2. The zero-order chi connectivity index (χ0) is 19.6. The number of aliphatic hydroxyl groups is 1. The van der Waals surface area contributed by atoms with Crippen molar-refractivity contribution in [3.8, 4) is 0 Å². The number of hydrogen-bond donors (Lipinski definition) is 1. The van der Waals surface area contributed by atoms with Crippen LogP contribution in [-0.4, -0.2) is 40.6 Å². The molecule has 0 saturated heterocycles. The molecule has 0 aromatic rings. The molecule has 0 amide bonds. The van der Waals surface area contributed by atoms with Crippen molar-refractivity contribution in [2.45, 2.75) is 62.2 Å². The van der Waals surface area contributed by atoms with Gasteiger partial charge in [-0.15, -0.1) is 0 Å². The maximum absolute atomic E-state index is 14.5. The van der Waals surface area contributed by atoms with Gasteiger partial charge in [-0.05, 0) is 12.8 Å². The number of alkyl halides is 11. The molecule has 1 rings (SSSR count). The highest BCUT2D eigenvalue weighted by atomic mass is 19.4. The van der Waals surface area contributed by atoms with Gasteiger partial charge in [-0.1, -0.05) is 6.92 Å². The summed E-state index contributed by atoms with van der Waals surface area (Å²) < 4.78 is 146. The van der Waals surface area contributed by atoms with Crippen molar-refractivity contribution in [2.24, 2.45) is 11.8 Å². The second kappa shape index (κ2) is 5.34. The highest BCUT2D eigenvalue weighted by Gasteiger charge is 2.87. The van der Waals surface area contributed by atoms with Gasteiger partial charge in [-0.3, -0.25) is 0 Å². The Labute approximate surface area is 128 Å². The monoisotopic (exact) mass is 382 g/mol. The van der Waals surface area contributed by atoms with Gasteiger partial charge in [0.2, 0.25) is 5.67 Å². The summed E-state index contributed by atoms with van der Waals surface area (Å²) in [7, 11) is 0. The zero-order valence-electron chi connectivity index (χ0n) is 12.2. The highest BCUT2D eigenvalue weighted by Crippen LogP contribution is 2.66. The summed E-state index contributed by atoms with van der Waals surface area (Å²) in [6, 6.07) is 0. The maximum atomic E-state index is 14.5. The molecule has 0 spiro atoms. The second-order valence-electron chi connectivity index (χ2n) is 5.88. The van der Waals surface area contributed by atoms with E-state index in [0.717, 1.165) is 6.92 Å². The molecule has 1 N–H and O–H groups in total. The van der Waals surface area contributed by atoms with Crippen LogP contribution in [0.2, 0.25) is 0 Å². The van der Waals surface area contributed by atoms with Crippen LogP contribution in [0.3, 0.4) is 0 Å². The van der Waals surface area contributed by atoms with E-state index < -0.39 is 60.1 Å². The Morgan fingerprint density at radius 1 is 0.917 bits per heavy atom. The molecule has 144 valence electrons. The van der Waals surface area contributed by atoms with E-state index in [1.54, 1.807) is 0 Å².